The minimum Gasteiger partial charge on any atom is -0.324 e. The van der Waals surface area contributed by atoms with Crippen LogP contribution in [-0.4, -0.2) is 10.7 Å². The minimum atomic E-state index is -1.04. The van der Waals surface area contributed by atoms with E-state index < -0.39 is 10.7 Å². The number of hydrogen-bond donors (Lipinski definition) is 1. The molecule has 2 nitrogen and oxygen atoms in total. The zero-order chi connectivity index (χ0) is 12.3. The van der Waals surface area contributed by atoms with Gasteiger partial charge in [-0.15, -0.1) is 0 Å². The van der Waals surface area contributed by atoms with E-state index in [4.69, 9.17) is 23.2 Å². The van der Waals surface area contributed by atoms with E-state index in [0.29, 0.717) is 5.69 Å². The number of halogens is 2. The van der Waals surface area contributed by atoms with Crippen LogP contribution in [-0.2, 0) is 10.2 Å². The Morgan fingerprint density at radius 3 is 2.06 bits per heavy atom. The first-order valence-electron chi connectivity index (χ1n) is 5.00. The lowest BCUT2D eigenvalue weighted by Gasteiger charge is -2.19. The fraction of sp³-hybridized carbons (Fsp3) is 0.417. The Labute approximate surface area is 106 Å². The predicted octanol–water partition coefficient (Wildman–Crippen LogP) is 3.73. The summed E-state index contributed by atoms with van der Waals surface area (Å²) in [6.07, 6.45) is 0. The summed E-state index contributed by atoms with van der Waals surface area (Å²) < 4.78 is 0. The quantitative estimate of drug-likeness (QED) is 0.806. The standard InChI is InChI=1S/C12H15Cl2NO/c1-12(2,3)8-4-6-9(7-5-8)15-11(16)10(13)14/h4-7,10H,1-3H3,(H,15,16). The summed E-state index contributed by atoms with van der Waals surface area (Å²) in [5.74, 6) is -0.410. The number of rotatable bonds is 2. The maximum absolute atomic E-state index is 11.2. The zero-order valence-electron chi connectivity index (χ0n) is 9.55. The number of carbonyl (C=O) groups excluding carboxylic acids is 1. The molecular weight excluding hydrogens is 245 g/mol. The Balaban J connectivity index is 2.76. The fourth-order valence-electron chi connectivity index (χ4n) is 1.25. The second-order valence-corrected chi connectivity index (χ2v) is 5.71. The molecule has 0 atom stereocenters. The highest BCUT2D eigenvalue weighted by Gasteiger charge is 2.14. The molecule has 0 aromatic heterocycles. The monoisotopic (exact) mass is 259 g/mol. The second kappa shape index (κ2) is 5.07. The molecule has 0 unspecified atom stereocenters. The molecule has 1 rings (SSSR count). The van der Waals surface area contributed by atoms with E-state index in [-0.39, 0.29) is 5.41 Å². The normalized spacial score (nSPS) is 11.6. The third kappa shape index (κ3) is 3.69. The van der Waals surface area contributed by atoms with Crippen LogP contribution in [0.4, 0.5) is 5.69 Å². The molecule has 0 radical (unpaired) electrons. The largest absolute Gasteiger partial charge is 0.324 e. The highest BCUT2D eigenvalue weighted by molar-refractivity contribution is 6.54. The van der Waals surface area contributed by atoms with E-state index >= 15 is 0 Å². The van der Waals surface area contributed by atoms with Crippen molar-refractivity contribution in [3.63, 3.8) is 0 Å². The lowest BCUT2D eigenvalue weighted by Crippen LogP contribution is -2.18. The van der Waals surface area contributed by atoms with Gasteiger partial charge in [0.15, 0.2) is 4.84 Å². The first kappa shape index (κ1) is 13.3. The Morgan fingerprint density at radius 1 is 1.19 bits per heavy atom. The Kier molecular flexibility index (Phi) is 4.22. The van der Waals surface area contributed by atoms with Gasteiger partial charge in [0, 0.05) is 5.69 Å². The van der Waals surface area contributed by atoms with Crippen LogP contribution in [0.15, 0.2) is 24.3 Å². The molecule has 0 bridgehead atoms. The first-order chi connectivity index (χ1) is 7.30. The smallest absolute Gasteiger partial charge is 0.257 e. The van der Waals surface area contributed by atoms with Gasteiger partial charge in [0.05, 0.1) is 0 Å². The third-order valence-electron chi connectivity index (χ3n) is 2.22. The van der Waals surface area contributed by atoms with Crippen LogP contribution in [0.1, 0.15) is 26.3 Å². The second-order valence-electron chi connectivity index (χ2n) is 4.62. The molecule has 16 heavy (non-hydrogen) atoms. The summed E-state index contributed by atoms with van der Waals surface area (Å²) in [5.41, 5.74) is 2.01. The molecule has 0 saturated heterocycles. The Hall–Kier alpha value is -0.730. The number of benzene rings is 1. The minimum absolute atomic E-state index is 0.101. The van der Waals surface area contributed by atoms with Crippen molar-refractivity contribution < 1.29 is 4.79 Å². The van der Waals surface area contributed by atoms with Crippen LogP contribution in [0.5, 0.6) is 0 Å². The molecule has 1 aromatic carbocycles. The van der Waals surface area contributed by atoms with Crippen LogP contribution in [0, 0.1) is 0 Å². The number of amides is 1. The van der Waals surface area contributed by atoms with Gasteiger partial charge in [0.1, 0.15) is 0 Å². The van der Waals surface area contributed by atoms with Crippen molar-refractivity contribution in [2.45, 2.75) is 31.0 Å². The average molecular weight is 260 g/mol. The van der Waals surface area contributed by atoms with Crippen LogP contribution in [0.25, 0.3) is 0 Å². The molecule has 1 aromatic rings. The van der Waals surface area contributed by atoms with Gasteiger partial charge >= 0.3 is 0 Å². The van der Waals surface area contributed by atoms with Crippen LogP contribution in [0.2, 0.25) is 0 Å². The SMILES string of the molecule is CC(C)(C)c1ccc(NC(=O)C(Cl)Cl)cc1. The Morgan fingerprint density at radius 2 is 1.69 bits per heavy atom. The zero-order valence-corrected chi connectivity index (χ0v) is 11.1. The number of anilines is 1. The lowest BCUT2D eigenvalue weighted by molar-refractivity contribution is -0.114. The van der Waals surface area contributed by atoms with E-state index in [0.717, 1.165) is 0 Å². The van der Waals surface area contributed by atoms with Gasteiger partial charge in [-0.3, -0.25) is 4.79 Å². The Bertz CT molecular complexity index is 366. The summed E-state index contributed by atoms with van der Waals surface area (Å²) in [7, 11) is 0. The van der Waals surface area contributed by atoms with Gasteiger partial charge in [-0.1, -0.05) is 56.1 Å². The van der Waals surface area contributed by atoms with Gasteiger partial charge in [-0.25, -0.2) is 0 Å². The van der Waals surface area contributed by atoms with Gasteiger partial charge in [-0.2, -0.15) is 0 Å². The molecule has 88 valence electrons. The van der Waals surface area contributed by atoms with Crippen molar-refractivity contribution in [2.75, 3.05) is 5.32 Å². The molecule has 0 fully saturated rings. The van der Waals surface area contributed by atoms with Crippen molar-refractivity contribution in [3.05, 3.63) is 29.8 Å². The fourth-order valence-corrected chi connectivity index (χ4v) is 1.36. The number of carbonyl (C=O) groups is 1. The van der Waals surface area contributed by atoms with Crippen LogP contribution in [0.3, 0.4) is 0 Å². The molecule has 0 aliphatic carbocycles. The number of hydrogen-bond acceptors (Lipinski definition) is 1. The molecule has 1 amide bonds. The molecule has 1 N–H and O–H groups in total. The molecule has 0 aliphatic heterocycles. The van der Waals surface area contributed by atoms with Gasteiger partial charge < -0.3 is 5.32 Å². The summed E-state index contributed by atoms with van der Waals surface area (Å²) >= 11 is 10.9. The lowest BCUT2D eigenvalue weighted by atomic mass is 9.87. The van der Waals surface area contributed by atoms with Crippen molar-refractivity contribution in [1.82, 2.24) is 0 Å². The highest BCUT2D eigenvalue weighted by Crippen LogP contribution is 2.23. The molecule has 0 heterocycles. The van der Waals surface area contributed by atoms with E-state index in [1.165, 1.54) is 5.56 Å². The van der Waals surface area contributed by atoms with E-state index in [9.17, 15) is 4.79 Å². The molecule has 4 heteroatoms. The van der Waals surface area contributed by atoms with Gasteiger partial charge in [-0.05, 0) is 23.1 Å². The first-order valence-corrected chi connectivity index (χ1v) is 5.87. The van der Waals surface area contributed by atoms with Crippen molar-refractivity contribution in [2.24, 2.45) is 0 Å². The third-order valence-corrected chi connectivity index (χ3v) is 2.61. The summed E-state index contributed by atoms with van der Waals surface area (Å²) in [4.78, 5) is 10.2. The van der Waals surface area contributed by atoms with E-state index in [2.05, 4.69) is 26.1 Å². The molecular formula is C12H15Cl2NO. The summed E-state index contributed by atoms with van der Waals surface area (Å²) in [6.45, 7) is 6.40. The molecule has 0 spiro atoms. The van der Waals surface area contributed by atoms with Crippen LogP contribution < -0.4 is 5.32 Å². The molecule has 0 aliphatic rings. The van der Waals surface area contributed by atoms with Gasteiger partial charge in [0.25, 0.3) is 5.91 Å². The predicted molar refractivity (Wildman–Crippen MR) is 69.3 cm³/mol. The van der Waals surface area contributed by atoms with Crippen molar-refractivity contribution in [1.29, 1.82) is 0 Å². The molecule has 0 saturated carbocycles. The summed E-state index contributed by atoms with van der Waals surface area (Å²) in [5, 5.41) is 2.62. The van der Waals surface area contributed by atoms with Gasteiger partial charge in [0.2, 0.25) is 0 Å². The highest BCUT2D eigenvalue weighted by atomic mass is 35.5. The average Bonchev–Trinajstić information content (AvgIpc) is 2.17. The van der Waals surface area contributed by atoms with E-state index in [1.54, 1.807) is 0 Å². The van der Waals surface area contributed by atoms with Crippen molar-refractivity contribution >= 4 is 34.8 Å². The number of alkyl halides is 2. The van der Waals surface area contributed by atoms with E-state index in [1.807, 2.05) is 24.3 Å². The van der Waals surface area contributed by atoms with Crippen LogP contribution >= 0.6 is 23.2 Å². The summed E-state index contributed by atoms with van der Waals surface area (Å²) in [6, 6.07) is 7.64. The maximum Gasteiger partial charge on any atom is 0.257 e. The van der Waals surface area contributed by atoms with Crippen molar-refractivity contribution in [3.8, 4) is 0 Å². The topological polar surface area (TPSA) is 29.1 Å². The number of nitrogens with one attached hydrogen (secondary N) is 1. The maximum atomic E-state index is 11.2.